The first-order chi connectivity index (χ1) is 9.44. The first kappa shape index (κ1) is 15.6. The molecule has 0 saturated carbocycles. The largest absolute Gasteiger partial charge is 0.495 e. The average molecular weight is 320 g/mol. The Balaban J connectivity index is 2.21. The second-order valence-electron chi connectivity index (χ2n) is 4.74. The van der Waals surface area contributed by atoms with Gasteiger partial charge in [-0.25, -0.2) is 13.1 Å². The molecule has 1 aliphatic heterocycles. The molecule has 0 radical (unpaired) electrons. The predicted octanol–water partition coefficient (Wildman–Crippen LogP) is 2.11. The quantitative estimate of drug-likeness (QED) is 0.903. The Kier molecular flexibility index (Phi) is 4.90. The lowest BCUT2D eigenvalue weighted by atomic mass is 10.2. The van der Waals surface area contributed by atoms with Gasteiger partial charge < -0.3 is 9.47 Å². The maximum atomic E-state index is 12.3. The molecule has 20 heavy (non-hydrogen) atoms. The van der Waals surface area contributed by atoms with Crippen LogP contribution in [-0.4, -0.2) is 34.8 Å². The summed E-state index contributed by atoms with van der Waals surface area (Å²) >= 11 is 6.00. The fourth-order valence-corrected chi connectivity index (χ4v) is 3.56. The molecule has 0 amide bonds. The number of sulfonamides is 1. The maximum absolute atomic E-state index is 12.3. The Labute approximate surface area is 124 Å². The van der Waals surface area contributed by atoms with E-state index < -0.39 is 10.0 Å². The van der Waals surface area contributed by atoms with Crippen molar-refractivity contribution in [2.45, 2.75) is 30.8 Å². The van der Waals surface area contributed by atoms with Gasteiger partial charge in [-0.3, -0.25) is 0 Å². The molecule has 1 aromatic rings. The summed E-state index contributed by atoms with van der Waals surface area (Å²) in [6.45, 7) is 2.74. The number of halogens is 1. The third-order valence-corrected chi connectivity index (χ3v) is 5.11. The number of ether oxygens (including phenoxy) is 2. The number of methoxy groups -OCH3 is 1. The van der Waals surface area contributed by atoms with E-state index in [1.165, 1.54) is 13.2 Å². The summed E-state index contributed by atoms with van der Waals surface area (Å²) in [5, 5.41) is 0.392. The fourth-order valence-electron chi connectivity index (χ4n) is 2.09. The minimum Gasteiger partial charge on any atom is -0.495 e. The minimum atomic E-state index is -3.67. The van der Waals surface area contributed by atoms with Crippen molar-refractivity contribution in [2.75, 3.05) is 20.3 Å². The molecule has 1 N–H and O–H groups in total. The van der Waals surface area contributed by atoms with E-state index >= 15 is 0 Å². The Morgan fingerprint density at radius 1 is 1.50 bits per heavy atom. The first-order valence-corrected chi connectivity index (χ1v) is 8.25. The lowest BCUT2D eigenvalue weighted by molar-refractivity contribution is 0.114. The van der Waals surface area contributed by atoms with E-state index in [0.717, 1.165) is 18.4 Å². The summed E-state index contributed by atoms with van der Waals surface area (Å²) in [7, 11) is -2.24. The van der Waals surface area contributed by atoms with Gasteiger partial charge in [-0.1, -0.05) is 11.6 Å². The van der Waals surface area contributed by atoms with Crippen LogP contribution in [0.15, 0.2) is 17.0 Å². The summed E-state index contributed by atoms with van der Waals surface area (Å²) in [5.74, 6) is 0.284. The van der Waals surface area contributed by atoms with Gasteiger partial charge in [0, 0.05) is 18.2 Å². The fraction of sp³-hybridized carbons (Fsp3) is 0.538. The molecular weight excluding hydrogens is 302 g/mol. The van der Waals surface area contributed by atoms with E-state index in [9.17, 15) is 8.42 Å². The van der Waals surface area contributed by atoms with Crippen molar-refractivity contribution in [3.05, 3.63) is 22.7 Å². The Hall–Kier alpha value is -0.820. The number of aryl methyl sites for hydroxylation is 1. The summed E-state index contributed by atoms with van der Waals surface area (Å²) in [6, 6.07) is 3.02. The zero-order valence-corrected chi connectivity index (χ0v) is 13.1. The monoisotopic (exact) mass is 319 g/mol. The zero-order chi connectivity index (χ0) is 14.8. The van der Waals surface area contributed by atoms with Crippen LogP contribution in [0.5, 0.6) is 5.75 Å². The van der Waals surface area contributed by atoms with Crippen molar-refractivity contribution < 1.29 is 17.9 Å². The Bertz CT molecular complexity index is 582. The second kappa shape index (κ2) is 6.30. The molecular formula is C13H18ClNO4S. The van der Waals surface area contributed by atoms with Gasteiger partial charge in [0.15, 0.2) is 0 Å². The third kappa shape index (κ3) is 3.44. The zero-order valence-electron chi connectivity index (χ0n) is 11.5. The highest BCUT2D eigenvalue weighted by molar-refractivity contribution is 7.89. The lowest BCUT2D eigenvalue weighted by Gasteiger charge is -2.14. The molecule has 7 heteroatoms. The Morgan fingerprint density at radius 2 is 2.25 bits per heavy atom. The molecule has 0 spiro atoms. The van der Waals surface area contributed by atoms with Crippen LogP contribution in [0.25, 0.3) is 0 Å². The van der Waals surface area contributed by atoms with Crippen LogP contribution < -0.4 is 9.46 Å². The number of hydrogen-bond acceptors (Lipinski definition) is 4. The lowest BCUT2D eigenvalue weighted by Crippen LogP contribution is -2.32. The smallest absolute Gasteiger partial charge is 0.244 e. The molecule has 0 unspecified atom stereocenters. The molecule has 2 rings (SSSR count). The SMILES string of the molecule is COc1cc(C)c(Cl)cc1S(=O)(=O)NC[C@@H]1CCCO1. The van der Waals surface area contributed by atoms with E-state index in [-0.39, 0.29) is 23.3 Å². The van der Waals surface area contributed by atoms with Gasteiger partial charge in [0.25, 0.3) is 0 Å². The van der Waals surface area contributed by atoms with Crippen LogP contribution in [0.2, 0.25) is 5.02 Å². The summed E-state index contributed by atoms with van der Waals surface area (Å²) in [4.78, 5) is 0.0496. The molecule has 1 atom stereocenters. The average Bonchev–Trinajstić information content (AvgIpc) is 2.92. The topological polar surface area (TPSA) is 64.6 Å². The second-order valence-corrected chi connectivity index (χ2v) is 6.88. The van der Waals surface area contributed by atoms with Crippen molar-refractivity contribution in [1.82, 2.24) is 4.72 Å². The van der Waals surface area contributed by atoms with Gasteiger partial charge in [0.05, 0.1) is 13.2 Å². The first-order valence-electron chi connectivity index (χ1n) is 6.39. The number of benzene rings is 1. The van der Waals surface area contributed by atoms with Crippen LogP contribution in [-0.2, 0) is 14.8 Å². The van der Waals surface area contributed by atoms with Crippen molar-refractivity contribution in [3.8, 4) is 5.75 Å². The number of hydrogen-bond donors (Lipinski definition) is 1. The van der Waals surface area contributed by atoms with Gasteiger partial charge >= 0.3 is 0 Å². The number of nitrogens with one attached hydrogen (secondary N) is 1. The maximum Gasteiger partial charge on any atom is 0.244 e. The molecule has 5 nitrogen and oxygen atoms in total. The van der Waals surface area contributed by atoms with Gasteiger partial charge in [-0.05, 0) is 37.5 Å². The molecule has 0 bridgehead atoms. The highest BCUT2D eigenvalue weighted by Crippen LogP contribution is 2.30. The van der Waals surface area contributed by atoms with Crippen LogP contribution in [0.1, 0.15) is 18.4 Å². The highest BCUT2D eigenvalue weighted by atomic mass is 35.5. The van der Waals surface area contributed by atoms with Crippen molar-refractivity contribution in [2.24, 2.45) is 0 Å². The minimum absolute atomic E-state index is 0.0496. The third-order valence-electron chi connectivity index (χ3n) is 3.26. The molecule has 1 saturated heterocycles. The van der Waals surface area contributed by atoms with E-state index in [0.29, 0.717) is 11.6 Å². The standard InChI is InChI=1S/C13H18ClNO4S/c1-9-6-12(18-2)13(7-11(9)14)20(16,17)15-8-10-4-3-5-19-10/h6-7,10,15H,3-5,8H2,1-2H3/t10-/m0/s1. The Morgan fingerprint density at radius 3 is 2.85 bits per heavy atom. The van der Waals surface area contributed by atoms with Crippen LogP contribution in [0.4, 0.5) is 0 Å². The highest BCUT2D eigenvalue weighted by Gasteiger charge is 2.23. The van der Waals surface area contributed by atoms with Crippen molar-refractivity contribution in [1.29, 1.82) is 0 Å². The van der Waals surface area contributed by atoms with Gasteiger partial charge in [0.2, 0.25) is 10.0 Å². The van der Waals surface area contributed by atoms with Gasteiger partial charge in [0.1, 0.15) is 10.6 Å². The van der Waals surface area contributed by atoms with E-state index in [1.807, 2.05) is 0 Å². The summed E-state index contributed by atoms with van der Waals surface area (Å²) in [6.07, 6.45) is 1.78. The van der Waals surface area contributed by atoms with Crippen molar-refractivity contribution in [3.63, 3.8) is 0 Å². The molecule has 0 aliphatic carbocycles. The van der Waals surface area contributed by atoms with Crippen LogP contribution >= 0.6 is 11.6 Å². The van der Waals surface area contributed by atoms with E-state index in [1.54, 1.807) is 13.0 Å². The van der Waals surface area contributed by atoms with E-state index in [4.69, 9.17) is 21.1 Å². The molecule has 1 aromatic carbocycles. The summed E-state index contributed by atoms with van der Waals surface area (Å²) in [5.41, 5.74) is 0.765. The molecule has 1 heterocycles. The normalized spacial score (nSPS) is 19.2. The molecule has 0 aromatic heterocycles. The molecule has 112 valence electrons. The van der Waals surface area contributed by atoms with E-state index in [2.05, 4.69) is 4.72 Å². The molecule has 1 fully saturated rings. The van der Waals surface area contributed by atoms with Crippen LogP contribution in [0.3, 0.4) is 0 Å². The predicted molar refractivity (Wildman–Crippen MR) is 76.9 cm³/mol. The van der Waals surface area contributed by atoms with Crippen LogP contribution in [0, 0.1) is 6.92 Å². The molecule has 1 aliphatic rings. The van der Waals surface area contributed by atoms with Gasteiger partial charge in [-0.2, -0.15) is 0 Å². The van der Waals surface area contributed by atoms with Gasteiger partial charge in [-0.15, -0.1) is 0 Å². The number of rotatable bonds is 5. The van der Waals surface area contributed by atoms with Crippen molar-refractivity contribution >= 4 is 21.6 Å². The summed E-state index contributed by atoms with van der Waals surface area (Å²) < 4.78 is 37.7.